The molecule has 2 aromatic heterocycles. The molecule has 4 rings (SSSR count). The molecule has 0 saturated heterocycles. The molecule has 0 bridgehead atoms. The third kappa shape index (κ3) is 4.12. The number of aromatic amines is 1. The van der Waals surface area contributed by atoms with Crippen LogP contribution < -0.4 is 5.32 Å². The number of halogens is 1. The number of carbonyl (C=O) groups is 1. The van der Waals surface area contributed by atoms with Gasteiger partial charge in [0, 0.05) is 5.02 Å². The van der Waals surface area contributed by atoms with Gasteiger partial charge >= 0.3 is 0 Å². The average Bonchev–Trinajstić information content (AvgIpc) is 3.36. The van der Waals surface area contributed by atoms with Gasteiger partial charge in [0.25, 0.3) is 5.91 Å². The van der Waals surface area contributed by atoms with Crippen molar-refractivity contribution in [3.63, 3.8) is 0 Å². The van der Waals surface area contributed by atoms with Crippen molar-refractivity contribution in [2.75, 3.05) is 0 Å². The van der Waals surface area contributed by atoms with Gasteiger partial charge in [0.05, 0.1) is 28.3 Å². The molecule has 4 aromatic rings. The van der Waals surface area contributed by atoms with Crippen LogP contribution in [0.1, 0.15) is 42.5 Å². The van der Waals surface area contributed by atoms with E-state index in [1.54, 1.807) is 18.2 Å². The van der Waals surface area contributed by atoms with Crippen molar-refractivity contribution >= 4 is 28.5 Å². The molecule has 0 fully saturated rings. The van der Waals surface area contributed by atoms with Gasteiger partial charge < -0.3 is 10.3 Å². The first-order valence-electron chi connectivity index (χ1n) is 9.29. The lowest BCUT2D eigenvalue weighted by atomic mass is 10.0. The fourth-order valence-corrected chi connectivity index (χ4v) is 3.41. The number of fused-ring (bicyclic) bond motifs is 1. The van der Waals surface area contributed by atoms with Gasteiger partial charge in [-0.15, -0.1) is 5.10 Å². The maximum absolute atomic E-state index is 13.2. The zero-order valence-electron chi connectivity index (χ0n) is 16.0. The first-order chi connectivity index (χ1) is 14.0. The minimum atomic E-state index is -0.271. The van der Waals surface area contributed by atoms with Gasteiger partial charge in [0.15, 0.2) is 0 Å². The Bertz CT molecular complexity index is 1100. The number of amides is 1. The van der Waals surface area contributed by atoms with E-state index in [1.165, 1.54) is 11.0 Å². The molecule has 2 heterocycles. The number of nitrogens with one attached hydrogen (secondary N) is 2. The van der Waals surface area contributed by atoms with E-state index in [0.717, 1.165) is 23.3 Å². The molecule has 8 nitrogen and oxygen atoms in total. The highest BCUT2D eigenvalue weighted by Crippen LogP contribution is 2.24. The zero-order chi connectivity index (χ0) is 20.4. The predicted molar refractivity (Wildman–Crippen MR) is 110 cm³/mol. The Morgan fingerprint density at radius 2 is 2.07 bits per heavy atom. The summed E-state index contributed by atoms with van der Waals surface area (Å²) < 4.78 is 1.42. The van der Waals surface area contributed by atoms with E-state index in [2.05, 4.69) is 44.7 Å². The van der Waals surface area contributed by atoms with Crippen LogP contribution in [-0.4, -0.2) is 36.1 Å². The number of rotatable bonds is 6. The topological polar surface area (TPSA) is 101 Å². The Morgan fingerprint density at radius 1 is 1.24 bits per heavy atom. The minimum Gasteiger partial charge on any atom is -0.342 e. The molecule has 0 saturated carbocycles. The van der Waals surface area contributed by atoms with Crippen LogP contribution in [0.15, 0.2) is 48.8 Å². The van der Waals surface area contributed by atoms with Gasteiger partial charge in [-0.3, -0.25) is 4.79 Å². The lowest BCUT2D eigenvalue weighted by Gasteiger charge is -2.19. The van der Waals surface area contributed by atoms with Gasteiger partial charge in [-0.05, 0) is 53.1 Å². The van der Waals surface area contributed by atoms with E-state index in [9.17, 15) is 4.79 Å². The summed E-state index contributed by atoms with van der Waals surface area (Å²) in [4.78, 5) is 21.2. The number of imidazole rings is 1. The Hall–Kier alpha value is -3.26. The Morgan fingerprint density at radius 3 is 2.79 bits per heavy atom. The van der Waals surface area contributed by atoms with Crippen LogP contribution in [0.25, 0.3) is 16.7 Å². The molecule has 2 N–H and O–H groups in total. The summed E-state index contributed by atoms with van der Waals surface area (Å²) >= 11 is 6.13. The van der Waals surface area contributed by atoms with Crippen molar-refractivity contribution in [2.24, 2.45) is 5.92 Å². The highest BCUT2D eigenvalue weighted by Gasteiger charge is 2.22. The summed E-state index contributed by atoms with van der Waals surface area (Å²) in [5.74, 6) is 0.835. The third-order valence-electron chi connectivity index (χ3n) is 4.55. The van der Waals surface area contributed by atoms with E-state index < -0.39 is 0 Å². The molecule has 1 amide bonds. The summed E-state index contributed by atoms with van der Waals surface area (Å²) in [6.45, 7) is 4.22. The Labute approximate surface area is 172 Å². The smallest absolute Gasteiger partial charge is 0.254 e. The fourth-order valence-electron chi connectivity index (χ4n) is 3.24. The van der Waals surface area contributed by atoms with E-state index >= 15 is 0 Å². The van der Waals surface area contributed by atoms with Crippen LogP contribution in [-0.2, 0) is 0 Å². The third-order valence-corrected chi connectivity index (χ3v) is 4.79. The first kappa shape index (κ1) is 19.1. The van der Waals surface area contributed by atoms with E-state index in [-0.39, 0.29) is 11.9 Å². The number of carbonyl (C=O) groups excluding carboxylic acids is 1. The average molecular weight is 410 g/mol. The molecule has 29 heavy (non-hydrogen) atoms. The second kappa shape index (κ2) is 8.00. The molecule has 0 radical (unpaired) electrons. The van der Waals surface area contributed by atoms with Crippen LogP contribution in [0.5, 0.6) is 0 Å². The second-order valence-electron chi connectivity index (χ2n) is 7.21. The van der Waals surface area contributed by atoms with Crippen molar-refractivity contribution in [1.29, 1.82) is 0 Å². The predicted octanol–water partition coefficient (Wildman–Crippen LogP) is 3.71. The highest BCUT2D eigenvalue weighted by molar-refractivity contribution is 6.31. The molecule has 0 unspecified atom stereocenters. The molecule has 2 aromatic carbocycles. The SMILES string of the molecule is CC(C)C[C@@H](NC(=O)c1ccc(Cl)cc1-n1cnnn1)c1nc2ccccc2[nH]1. The number of para-hydroxylation sites is 2. The molecule has 0 aliphatic carbocycles. The van der Waals surface area contributed by atoms with Gasteiger partial charge in [-0.1, -0.05) is 37.6 Å². The molecule has 0 aliphatic heterocycles. The van der Waals surface area contributed by atoms with Crippen molar-refractivity contribution in [1.82, 2.24) is 35.5 Å². The maximum Gasteiger partial charge on any atom is 0.254 e. The summed E-state index contributed by atoms with van der Waals surface area (Å²) in [6.07, 6.45) is 2.16. The number of hydrogen-bond donors (Lipinski definition) is 2. The number of H-pyrrole nitrogens is 1. The molecule has 0 aliphatic rings. The van der Waals surface area contributed by atoms with Crippen molar-refractivity contribution < 1.29 is 4.79 Å². The van der Waals surface area contributed by atoms with Crippen molar-refractivity contribution in [3.8, 4) is 5.69 Å². The minimum absolute atomic E-state index is 0.252. The van der Waals surface area contributed by atoms with Crippen molar-refractivity contribution in [3.05, 3.63) is 65.2 Å². The zero-order valence-corrected chi connectivity index (χ0v) is 16.8. The highest BCUT2D eigenvalue weighted by atomic mass is 35.5. The fraction of sp³-hybridized carbons (Fsp3) is 0.250. The lowest BCUT2D eigenvalue weighted by molar-refractivity contribution is 0.0930. The van der Waals surface area contributed by atoms with Crippen molar-refractivity contribution in [2.45, 2.75) is 26.3 Å². The molecule has 9 heteroatoms. The summed E-state index contributed by atoms with van der Waals surface area (Å²) in [7, 11) is 0. The van der Waals surface area contributed by atoms with Gasteiger partial charge in [-0.2, -0.15) is 4.68 Å². The van der Waals surface area contributed by atoms with Gasteiger partial charge in [-0.25, -0.2) is 4.98 Å². The van der Waals surface area contributed by atoms with Crippen LogP contribution in [0, 0.1) is 5.92 Å². The van der Waals surface area contributed by atoms with Crippen LogP contribution in [0.3, 0.4) is 0 Å². The number of tetrazole rings is 1. The standard InChI is InChI=1S/C20H20ClN7O/c1-12(2)9-17(19-23-15-5-3-4-6-16(15)24-19)25-20(29)14-8-7-13(21)10-18(14)28-11-22-26-27-28/h3-8,10-12,17H,9H2,1-2H3,(H,23,24)(H,25,29)/t17-/m1/s1. The summed E-state index contributed by atoms with van der Waals surface area (Å²) in [6, 6.07) is 12.5. The molecule has 148 valence electrons. The largest absolute Gasteiger partial charge is 0.342 e. The normalized spacial score (nSPS) is 12.4. The maximum atomic E-state index is 13.2. The molecular weight excluding hydrogens is 390 g/mol. The molecule has 1 atom stereocenters. The van der Waals surface area contributed by atoms with E-state index in [1.807, 2.05) is 24.3 Å². The summed E-state index contributed by atoms with van der Waals surface area (Å²) in [5.41, 5.74) is 2.73. The molecule has 0 spiro atoms. The van der Waals surface area contributed by atoms with Gasteiger partial charge in [0.1, 0.15) is 12.2 Å². The number of hydrogen-bond acceptors (Lipinski definition) is 5. The quantitative estimate of drug-likeness (QED) is 0.505. The van der Waals surface area contributed by atoms with Crippen LogP contribution in [0.2, 0.25) is 5.02 Å². The number of aromatic nitrogens is 6. The molecular formula is C20H20ClN7O. The lowest BCUT2D eigenvalue weighted by Crippen LogP contribution is -2.31. The Kier molecular flexibility index (Phi) is 5.26. The van der Waals surface area contributed by atoms with Gasteiger partial charge in [0.2, 0.25) is 0 Å². The Balaban J connectivity index is 1.67. The number of benzene rings is 2. The van der Waals surface area contributed by atoms with E-state index in [4.69, 9.17) is 11.6 Å². The second-order valence-corrected chi connectivity index (χ2v) is 7.65. The first-order valence-corrected chi connectivity index (χ1v) is 9.67. The monoisotopic (exact) mass is 409 g/mol. The number of nitrogens with zero attached hydrogens (tertiary/aromatic N) is 5. The van der Waals surface area contributed by atoms with Crippen LogP contribution in [0.4, 0.5) is 0 Å². The van der Waals surface area contributed by atoms with Crippen LogP contribution >= 0.6 is 11.6 Å². The summed E-state index contributed by atoms with van der Waals surface area (Å²) in [5, 5.41) is 14.8. The van der Waals surface area contributed by atoms with E-state index in [0.29, 0.717) is 22.2 Å².